The highest BCUT2D eigenvalue weighted by Crippen LogP contribution is 2.27. The van der Waals surface area contributed by atoms with Gasteiger partial charge in [0.2, 0.25) is 5.95 Å². The smallest absolute Gasteiger partial charge is 0.278 e. The molecule has 2 aromatic rings. The summed E-state index contributed by atoms with van der Waals surface area (Å²) in [6.07, 6.45) is 6.50. The highest BCUT2D eigenvalue weighted by Gasteiger charge is 2.25. The monoisotopic (exact) mass is 317 g/mol. The molecular formula is C17H27N5O. The minimum atomic E-state index is -0.152. The first-order valence-electron chi connectivity index (χ1n) is 8.57. The summed E-state index contributed by atoms with van der Waals surface area (Å²) < 4.78 is 1.63. The van der Waals surface area contributed by atoms with E-state index in [1.165, 1.54) is 32.1 Å². The van der Waals surface area contributed by atoms with Crippen LogP contribution in [0, 0.1) is 5.92 Å². The Hall–Kier alpha value is -1.85. The van der Waals surface area contributed by atoms with E-state index in [4.69, 9.17) is 0 Å². The van der Waals surface area contributed by atoms with Crippen molar-refractivity contribution >= 4 is 17.0 Å². The van der Waals surface area contributed by atoms with Crippen LogP contribution in [0.3, 0.4) is 0 Å². The first-order chi connectivity index (χ1) is 10.9. The lowest BCUT2D eigenvalue weighted by atomic mass is 9.89. The zero-order chi connectivity index (χ0) is 16.6. The van der Waals surface area contributed by atoms with Gasteiger partial charge in [0, 0.05) is 19.0 Å². The SMILES string of the molecule is Cn1nc(C(C)(C)C)c2nc(NCC3CCCCC3)[nH]c(=O)c21. The molecule has 0 amide bonds. The molecule has 2 heterocycles. The third kappa shape index (κ3) is 3.26. The van der Waals surface area contributed by atoms with Gasteiger partial charge in [-0.2, -0.15) is 5.10 Å². The third-order valence-corrected chi connectivity index (χ3v) is 4.69. The van der Waals surface area contributed by atoms with E-state index in [2.05, 4.69) is 41.2 Å². The molecule has 0 saturated heterocycles. The molecule has 1 saturated carbocycles. The zero-order valence-corrected chi connectivity index (χ0v) is 14.6. The molecule has 0 aliphatic heterocycles. The van der Waals surface area contributed by atoms with Crippen LogP contribution in [-0.4, -0.2) is 26.3 Å². The van der Waals surface area contributed by atoms with Crippen LogP contribution in [0.5, 0.6) is 0 Å². The number of hydrogen-bond donors (Lipinski definition) is 2. The quantitative estimate of drug-likeness (QED) is 0.912. The van der Waals surface area contributed by atoms with E-state index in [1.54, 1.807) is 11.7 Å². The predicted octanol–water partition coefficient (Wildman–Crippen LogP) is 2.95. The number of nitrogens with one attached hydrogen (secondary N) is 2. The van der Waals surface area contributed by atoms with Crippen LogP contribution < -0.4 is 10.9 Å². The highest BCUT2D eigenvalue weighted by molar-refractivity contribution is 5.78. The highest BCUT2D eigenvalue weighted by atomic mass is 16.1. The van der Waals surface area contributed by atoms with E-state index in [9.17, 15) is 4.79 Å². The van der Waals surface area contributed by atoms with Gasteiger partial charge in [-0.15, -0.1) is 0 Å². The standard InChI is InChI=1S/C17H27N5O/c1-17(2,3)14-12-13(22(4)21-14)15(23)20-16(19-12)18-10-11-8-6-5-7-9-11/h11H,5-10H2,1-4H3,(H2,18,19,20,23). The van der Waals surface area contributed by atoms with Gasteiger partial charge in [0.1, 0.15) is 5.52 Å². The number of hydrogen-bond acceptors (Lipinski definition) is 4. The lowest BCUT2D eigenvalue weighted by Crippen LogP contribution is -2.21. The Labute approximate surface area is 136 Å². The molecule has 0 spiro atoms. The molecule has 6 heteroatoms. The van der Waals surface area contributed by atoms with Crippen LogP contribution in [0.2, 0.25) is 0 Å². The topological polar surface area (TPSA) is 75.6 Å². The molecule has 23 heavy (non-hydrogen) atoms. The number of fused-ring (bicyclic) bond motifs is 1. The van der Waals surface area contributed by atoms with Gasteiger partial charge in [-0.3, -0.25) is 14.5 Å². The lowest BCUT2D eigenvalue weighted by Gasteiger charge is -2.21. The van der Waals surface area contributed by atoms with Crippen LogP contribution in [-0.2, 0) is 12.5 Å². The van der Waals surface area contributed by atoms with Crippen molar-refractivity contribution in [1.29, 1.82) is 0 Å². The summed E-state index contributed by atoms with van der Waals surface area (Å²) in [5.74, 6) is 1.24. The van der Waals surface area contributed by atoms with Crippen molar-refractivity contribution in [1.82, 2.24) is 19.7 Å². The second-order valence-electron chi connectivity index (χ2n) is 7.72. The van der Waals surface area contributed by atoms with Gasteiger partial charge in [0.25, 0.3) is 5.56 Å². The molecule has 1 aliphatic rings. The van der Waals surface area contributed by atoms with E-state index in [-0.39, 0.29) is 11.0 Å². The maximum Gasteiger partial charge on any atom is 0.278 e. The van der Waals surface area contributed by atoms with Crippen molar-refractivity contribution in [2.45, 2.75) is 58.3 Å². The number of nitrogens with zero attached hydrogens (tertiary/aromatic N) is 3. The molecule has 0 unspecified atom stereocenters. The molecule has 1 fully saturated rings. The van der Waals surface area contributed by atoms with E-state index >= 15 is 0 Å². The molecule has 6 nitrogen and oxygen atoms in total. The summed E-state index contributed by atoms with van der Waals surface area (Å²) in [7, 11) is 1.80. The van der Waals surface area contributed by atoms with Gasteiger partial charge in [-0.05, 0) is 18.8 Å². The fourth-order valence-electron chi connectivity index (χ4n) is 3.40. The second-order valence-corrected chi connectivity index (χ2v) is 7.72. The Balaban J connectivity index is 1.91. The first kappa shape index (κ1) is 16.0. The summed E-state index contributed by atoms with van der Waals surface area (Å²) in [6, 6.07) is 0. The molecule has 0 radical (unpaired) electrons. The van der Waals surface area contributed by atoms with Crippen molar-refractivity contribution in [2.24, 2.45) is 13.0 Å². The van der Waals surface area contributed by atoms with Crippen LogP contribution >= 0.6 is 0 Å². The summed E-state index contributed by atoms with van der Waals surface area (Å²) in [6.45, 7) is 7.14. The van der Waals surface area contributed by atoms with Crippen LogP contribution in [0.4, 0.5) is 5.95 Å². The Kier molecular flexibility index (Phi) is 4.17. The van der Waals surface area contributed by atoms with Crippen molar-refractivity contribution in [2.75, 3.05) is 11.9 Å². The van der Waals surface area contributed by atoms with Gasteiger partial charge < -0.3 is 5.32 Å². The molecule has 0 atom stereocenters. The van der Waals surface area contributed by atoms with Gasteiger partial charge in [0.15, 0.2) is 5.52 Å². The van der Waals surface area contributed by atoms with Crippen molar-refractivity contribution in [3.05, 3.63) is 16.0 Å². The van der Waals surface area contributed by atoms with Crippen LogP contribution in [0.15, 0.2) is 4.79 Å². The van der Waals surface area contributed by atoms with Crippen LogP contribution in [0.25, 0.3) is 11.0 Å². The molecule has 0 bridgehead atoms. The van der Waals surface area contributed by atoms with E-state index in [0.717, 1.165) is 12.2 Å². The van der Waals surface area contributed by atoms with Gasteiger partial charge in [-0.1, -0.05) is 40.0 Å². The number of aryl methyl sites for hydroxylation is 1. The maximum absolute atomic E-state index is 12.4. The minimum Gasteiger partial charge on any atom is -0.355 e. The number of aromatic nitrogens is 4. The van der Waals surface area contributed by atoms with E-state index in [0.29, 0.717) is 22.9 Å². The van der Waals surface area contributed by atoms with Crippen molar-refractivity contribution in [3.63, 3.8) is 0 Å². The summed E-state index contributed by atoms with van der Waals surface area (Å²) in [5.41, 5.74) is 1.82. The predicted molar refractivity (Wildman–Crippen MR) is 92.9 cm³/mol. The first-order valence-corrected chi connectivity index (χ1v) is 8.57. The molecule has 126 valence electrons. The number of anilines is 1. The number of rotatable bonds is 3. The number of H-pyrrole nitrogens is 1. The molecule has 0 aromatic carbocycles. The van der Waals surface area contributed by atoms with Crippen molar-refractivity contribution < 1.29 is 0 Å². The Morgan fingerprint density at radius 1 is 1.26 bits per heavy atom. The molecule has 3 rings (SSSR count). The minimum absolute atomic E-state index is 0.133. The molecule has 2 aromatic heterocycles. The molecule has 2 N–H and O–H groups in total. The Bertz CT molecular complexity index is 747. The average Bonchev–Trinajstić information content (AvgIpc) is 2.84. The maximum atomic E-state index is 12.4. The molecule has 1 aliphatic carbocycles. The van der Waals surface area contributed by atoms with Crippen LogP contribution in [0.1, 0.15) is 58.6 Å². The second kappa shape index (κ2) is 5.98. The largest absolute Gasteiger partial charge is 0.355 e. The number of aromatic amines is 1. The Morgan fingerprint density at radius 3 is 2.61 bits per heavy atom. The average molecular weight is 317 g/mol. The van der Waals surface area contributed by atoms with Crippen molar-refractivity contribution in [3.8, 4) is 0 Å². The lowest BCUT2D eigenvalue weighted by molar-refractivity contribution is 0.373. The fraction of sp³-hybridized carbons (Fsp3) is 0.706. The zero-order valence-electron chi connectivity index (χ0n) is 14.6. The van der Waals surface area contributed by atoms with Gasteiger partial charge in [0.05, 0.1) is 5.69 Å². The molecular weight excluding hydrogens is 290 g/mol. The summed E-state index contributed by atoms with van der Waals surface area (Å²) in [4.78, 5) is 19.9. The van der Waals surface area contributed by atoms with Gasteiger partial charge in [-0.25, -0.2) is 4.98 Å². The summed E-state index contributed by atoms with van der Waals surface area (Å²) in [5, 5.41) is 7.85. The third-order valence-electron chi connectivity index (χ3n) is 4.69. The normalized spacial score (nSPS) is 16.9. The van der Waals surface area contributed by atoms with E-state index < -0.39 is 0 Å². The fourth-order valence-corrected chi connectivity index (χ4v) is 3.40. The van der Waals surface area contributed by atoms with Gasteiger partial charge >= 0.3 is 0 Å². The van der Waals surface area contributed by atoms with E-state index in [1.807, 2.05) is 0 Å². The summed E-state index contributed by atoms with van der Waals surface area (Å²) >= 11 is 0. The Morgan fingerprint density at radius 2 is 1.96 bits per heavy atom.